The maximum Gasteiger partial charge on any atom is 0.349 e. The Balaban J connectivity index is 1.71. The molecular weight excluding hydrogens is 374 g/mol. The molecule has 29 heavy (non-hydrogen) atoms. The summed E-state index contributed by atoms with van der Waals surface area (Å²) < 4.78 is 10.8. The van der Waals surface area contributed by atoms with Crippen molar-refractivity contribution in [3.8, 4) is 0 Å². The molecular formula is C18H30N9O2+. The molecule has 0 amide bonds. The third-order valence-electron chi connectivity index (χ3n) is 5.38. The molecule has 0 saturated carbocycles. The van der Waals surface area contributed by atoms with E-state index in [-0.39, 0.29) is 0 Å². The third kappa shape index (κ3) is 4.20. The van der Waals surface area contributed by atoms with Gasteiger partial charge in [-0.15, -0.1) is 0 Å². The minimum atomic E-state index is 0.358. The number of nitrogen functional groups attached to an aromatic ring is 1. The largest absolute Gasteiger partial charge is 0.390 e. The molecule has 2 aromatic rings. The molecule has 0 unspecified atom stereocenters. The van der Waals surface area contributed by atoms with Crippen molar-refractivity contribution in [3.05, 3.63) is 11.7 Å². The molecule has 2 fully saturated rings. The fourth-order valence-electron chi connectivity index (χ4n) is 3.79. The van der Waals surface area contributed by atoms with Crippen LogP contribution in [-0.4, -0.2) is 61.6 Å². The number of anilines is 4. The van der Waals surface area contributed by atoms with Crippen LogP contribution in [0.3, 0.4) is 0 Å². The number of ether oxygens (including phenoxy) is 1. The average Bonchev–Trinajstić information content (AvgIpc) is 3.35. The Kier molecular flexibility index (Phi) is 5.67. The highest BCUT2D eigenvalue weighted by atomic mass is 16.5. The average molecular weight is 404 g/mol. The van der Waals surface area contributed by atoms with E-state index in [1.165, 1.54) is 0 Å². The molecule has 1 atom stereocenters. The van der Waals surface area contributed by atoms with Gasteiger partial charge in [0.15, 0.2) is 11.5 Å². The van der Waals surface area contributed by atoms with E-state index in [9.17, 15) is 0 Å². The monoisotopic (exact) mass is 404 g/mol. The summed E-state index contributed by atoms with van der Waals surface area (Å²) >= 11 is 0. The number of hydrogen-bond acceptors (Lipinski definition) is 10. The van der Waals surface area contributed by atoms with Crippen LogP contribution >= 0.6 is 0 Å². The zero-order valence-electron chi connectivity index (χ0n) is 17.3. The molecule has 0 aromatic carbocycles. The van der Waals surface area contributed by atoms with Crippen LogP contribution in [0.25, 0.3) is 0 Å². The normalized spacial score (nSPS) is 19.8. The van der Waals surface area contributed by atoms with Crippen molar-refractivity contribution in [2.45, 2.75) is 26.8 Å². The number of hydrazine groups is 1. The van der Waals surface area contributed by atoms with Crippen LogP contribution in [0.4, 0.5) is 23.3 Å². The molecule has 2 aliphatic rings. The highest BCUT2D eigenvalue weighted by Gasteiger charge is 2.32. The molecule has 4 heterocycles. The molecule has 158 valence electrons. The second kappa shape index (κ2) is 8.37. The van der Waals surface area contributed by atoms with Gasteiger partial charge in [-0.25, -0.2) is 10.4 Å². The van der Waals surface area contributed by atoms with E-state index in [1.807, 2.05) is 12.1 Å². The van der Waals surface area contributed by atoms with E-state index < -0.39 is 0 Å². The number of aromatic nitrogens is 4. The number of H-pyrrole nitrogens is 1. The summed E-state index contributed by atoms with van der Waals surface area (Å²) in [6, 6.07) is 0. The van der Waals surface area contributed by atoms with Crippen LogP contribution in [0, 0.1) is 12.8 Å². The molecule has 4 N–H and O–H groups in total. The van der Waals surface area contributed by atoms with Crippen LogP contribution in [0.2, 0.25) is 0 Å². The third-order valence-corrected chi connectivity index (χ3v) is 5.38. The maximum absolute atomic E-state index is 6.62. The Labute approximate surface area is 170 Å². The molecule has 0 radical (unpaired) electrons. The van der Waals surface area contributed by atoms with E-state index in [0.717, 1.165) is 44.4 Å². The molecule has 2 saturated heterocycles. The van der Waals surface area contributed by atoms with Gasteiger partial charge in [0, 0.05) is 7.05 Å². The molecule has 2 aliphatic heterocycles. The zero-order valence-corrected chi connectivity index (χ0v) is 17.3. The number of nitrogens with one attached hydrogen (secondary N) is 2. The Bertz CT molecular complexity index is 837. The van der Waals surface area contributed by atoms with Crippen molar-refractivity contribution in [2.75, 3.05) is 67.0 Å². The topological polar surface area (TPSA) is 123 Å². The highest BCUT2D eigenvalue weighted by Crippen LogP contribution is 2.32. The lowest BCUT2D eigenvalue weighted by Crippen LogP contribution is -2.43. The van der Waals surface area contributed by atoms with Crippen LogP contribution in [-0.2, 0) is 11.3 Å². The summed E-state index contributed by atoms with van der Waals surface area (Å²) in [4.78, 5) is 17.1. The summed E-state index contributed by atoms with van der Waals surface area (Å²) in [5.41, 5.74) is 10.4. The van der Waals surface area contributed by atoms with Crippen LogP contribution in [0.5, 0.6) is 0 Å². The summed E-state index contributed by atoms with van der Waals surface area (Å²) in [7, 11) is 1.83. The first-order valence-electron chi connectivity index (χ1n) is 10.1. The van der Waals surface area contributed by atoms with E-state index in [2.05, 4.69) is 37.3 Å². The lowest BCUT2D eigenvalue weighted by molar-refractivity contribution is -0.353. The van der Waals surface area contributed by atoms with Gasteiger partial charge in [-0.05, 0) is 19.3 Å². The Hall–Kier alpha value is -2.66. The first-order chi connectivity index (χ1) is 14.0. The minimum absolute atomic E-state index is 0.358. The van der Waals surface area contributed by atoms with Crippen molar-refractivity contribution < 1.29 is 14.2 Å². The van der Waals surface area contributed by atoms with E-state index in [1.54, 1.807) is 6.92 Å². The predicted molar refractivity (Wildman–Crippen MR) is 109 cm³/mol. The predicted octanol–water partition coefficient (Wildman–Crippen LogP) is -0.00688. The Morgan fingerprint density at radius 1 is 1.24 bits per heavy atom. The van der Waals surface area contributed by atoms with Gasteiger partial charge in [-0.1, -0.05) is 17.1 Å². The van der Waals surface area contributed by atoms with Crippen molar-refractivity contribution >= 4 is 23.3 Å². The van der Waals surface area contributed by atoms with Crippen molar-refractivity contribution in [1.82, 2.24) is 20.6 Å². The minimum Gasteiger partial charge on any atom is -0.390 e. The number of morpholine rings is 1. The number of aromatic amines is 1. The second-order valence-electron chi connectivity index (χ2n) is 7.63. The van der Waals surface area contributed by atoms with Crippen molar-refractivity contribution in [3.63, 3.8) is 0 Å². The molecule has 11 nitrogen and oxygen atoms in total. The van der Waals surface area contributed by atoms with Crippen LogP contribution in [0.1, 0.15) is 25.1 Å². The van der Waals surface area contributed by atoms with Crippen molar-refractivity contribution in [2.24, 2.45) is 5.92 Å². The lowest BCUT2D eigenvalue weighted by atomic mass is 10.2. The quantitative estimate of drug-likeness (QED) is 0.636. The summed E-state index contributed by atoms with van der Waals surface area (Å²) in [5.74, 6) is 4.05. The fraction of sp³-hybridized carbons (Fsp3) is 0.667. The first-order valence-corrected chi connectivity index (χ1v) is 10.1. The van der Waals surface area contributed by atoms with Gasteiger partial charge in [0.25, 0.3) is 0 Å². The lowest BCUT2D eigenvalue weighted by Gasteiger charge is -2.27. The second-order valence-corrected chi connectivity index (χ2v) is 7.63. The van der Waals surface area contributed by atoms with Gasteiger partial charge < -0.3 is 19.9 Å². The molecule has 4 rings (SSSR count). The van der Waals surface area contributed by atoms with Gasteiger partial charge in [-0.3, -0.25) is 9.91 Å². The van der Waals surface area contributed by atoms with E-state index in [4.69, 9.17) is 20.0 Å². The van der Waals surface area contributed by atoms with Gasteiger partial charge >= 0.3 is 5.95 Å². The molecule has 0 spiro atoms. The number of nitrogens with zero attached hydrogens (tertiary/aromatic N) is 6. The van der Waals surface area contributed by atoms with Gasteiger partial charge in [0.2, 0.25) is 17.5 Å². The molecule has 2 aromatic heterocycles. The number of aryl methyl sites for hydroxylation is 1. The SMILES string of the molecule is CNN(Cc1nc(C)no1)c1nc(N2CCOCC2)[nH+]c(N2CC[C@H](C)C2)c1N. The fourth-order valence-corrected chi connectivity index (χ4v) is 3.79. The van der Waals surface area contributed by atoms with Gasteiger partial charge in [-0.2, -0.15) is 4.98 Å². The van der Waals surface area contributed by atoms with Crippen LogP contribution in [0.15, 0.2) is 4.52 Å². The smallest absolute Gasteiger partial charge is 0.349 e. The highest BCUT2D eigenvalue weighted by molar-refractivity contribution is 5.74. The molecule has 0 bridgehead atoms. The zero-order chi connectivity index (χ0) is 20.4. The van der Waals surface area contributed by atoms with E-state index in [0.29, 0.717) is 48.9 Å². The molecule has 11 heteroatoms. The van der Waals surface area contributed by atoms with Crippen LogP contribution < -0.4 is 31.0 Å². The Morgan fingerprint density at radius 3 is 2.66 bits per heavy atom. The Morgan fingerprint density at radius 2 is 2.03 bits per heavy atom. The summed E-state index contributed by atoms with van der Waals surface area (Å²) in [5, 5.41) is 5.71. The number of hydrogen-bond donors (Lipinski definition) is 2. The van der Waals surface area contributed by atoms with Gasteiger partial charge in [0.05, 0.1) is 39.4 Å². The summed E-state index contributed by atoms with van der Waals surface area (Å²) in [6.07, 6.45) is 1.15. The first kappa shape index (κ1) is 19.6. The number of nitrogens with two attached hydrogens (primary N) is 1. The standard InChI is InChI=1S/C18H29N9O2/c1-12-4-5-26(10-12)16-15(19)17(23-18(22-16)25-6-8-28-9-7-25)27(20-3)11-14-21-13(2)24-29-14/h12,20H,4-11,19H2,1-3H3/p+1/t12-/m0/s1. The van der Waals surface area contributed by atoms with Gasteiger partial charge in [0.1, 0.15) is 6.54 Å². The van der Waals surface area contributed by atoms with E-state index >= 15 is 0 Å². The molecule has 0 aliphatic carbocycles. The summed E-state index contributed by atoms with van der Waals surface area (Å²) in [6.45, 7) is 9.28. The maximum atomic E-state index is 6.62. The van der Waals surface area contributed by atoms with Crippen molar-refractivity contribution in [1.29, 1.82) is 0 Å². The number of rotatable bonds is 6.